The third-order valence-electron chi connectivity index (χ3n) is 1.82. The van der Waals surface area contributed by atoms with Crippen molar-refractivity contribution in [3.05, 3.63) is 36.5 Å². The second kappa shape index (κ2) is 5.75. The maximum Gasteiger partial charge on any atom is 0.0931 e. The van der Waals surface area contributed by atoms with Crippen LogP contribution in [0, 0.1) is 5.92 Å². The van der Waals surface area contributed by atoms with E-state index in [0.29, 0.717) is 5.92 Å². The van der Waals surface area contributed by atoms with Crippen LogP contribution in [-0.4, -0.2) is 18.4 Å². The molecule has 0 aromatic rings. The molecule has 0 fully saturated rings. The molecule has 0 unspecified atom stereocenters. The van der Waals surface area contributed by atoms with E-state index < -0.39 is 0 Å². The standard InChI is InChI=1S/C10H15NO/c12-9-11-8-7-10-5-3-1-2-4-6-10/h1-6,10-12H,7-9H2. The van der Waals surface area contributed by atoms with Crippen molar-refractivity contribution in [2.24, 2.45) is 5.92 Å². The highest BCUT2D eigenvalue weighted by molar-refractivity contribution is 5.19. The Hall–Kier alpha value is -0.860. The fourth-order valence-electron chi connectivity index (χ4n) is 1.15. The fraction of sp³-hybridized carbons (Fsp3) is 0.400. The monoisotopic (exact) mass is 165 g/mol. The summed E-state index contributed by atoms with van der Waals surface area (Å²) in [5.41, 5.74) is 0. The van der Waals surface area contributed by atoms with Gasteiger partial charge in [0.25, 0.3) is 0 Å². The summed E-state index contributed by atoms with van der Waals surface area (Å²) in [5.74, 6) is 0.499. The fourth-order valence-corrected chi connectivity index (χ4v) is 1.15. The molecule has 2 heteroatoms. The Labute approximate surface area is 73.3 Å². The normalized spacial score (nSPS) is 16.8. The minimum absolute atomic E-state index is 0.0679. The van der Waals surface area contributed by atoms with Crippen LogP contribution < -0.4 is 5.32 Å². The number of hydrogen-bond donors (Lipinski definition) is 2. The summed E-state index contributed by atoms with van der Waals surface area (Å²) in [6.45, 7) is 0.925. The highest BCUT2D eigenvalue weighted by atomic mass is 16.3. The molecular formula is C10H15NO. The van der Waals surface area contributed by atoms with Crippen LogP contribution in [0.5, 0.6) is 0 Å². The first-order valence-corrected chi connectivity index (χ1v) is 4.26. The van der Waals surface area contributed by atoms with Gasteiger partial charge in [-0.3, -0.25) is 5.32 Å². The molecule has 0 atom stereocenters. The van der Waals surface area contributed by atoms with Gasteiger partial charge in [0.1, 0.15) is 0 Å². The van der Waals surface area contributed by atoms with E-state index in [-0.39, 0.29) is 6.73 Å². The van der Waals surface area contributed by atoms with Gasteiger partial charge in [-0.05, 0) is 18.9 Å². The molecule has 0 bridgehead atoms. The first-order chi connectivity index (χ1) is 5.93. The number of allylic oxidation sites excluding steroid dienone is 6. The summed E-state index contributed by atoms with van der Waals surface area (Å²) in [7, 11) is 0. The molecule has 2 N–H and O–H groups in total. The molecule has 0 aromatic heterocycles. The summed E-state index contributed by atoms with van der Waals surface area (Å²) >= 11 is 0. The average molecular weight is 165 g/mol. The zero-order chi connectivity index (χ0) is 8.65. The first kappa shape index (κ1) is 9.23. The summed E-state index contributed by atoms with van der Waals surface area (Å²) in [6, 6.07) is 0. The molecule has 0 spiro atoms. The van der Waals surface area contributed by atoms with E-state index >= 15 is 0 Å². The van der Waals surface area contributed by atoms with E-state index in [1.165, 1.54) is 0 Å². The predicted molar refractivity (Wildman–Crippen MR) is 50.6 cm³/mol. The van der Waals surface area contributed by atoms with E-state index in [2.05, 4.69) is 29.6 Å². The van der Waals surface area contributed by atoms with Crippen molar-refractivity contribution in [1.82, 2.24) is 5.32 Å². The molecule has 1 rings (SSSR count). The molecule has 2 nitrogen and oxygen atoms in total. The number of rotatable bonds is 4. The van der Waals surface area contributed by atoms with E-state index in [1.54, 1.807) is 0 Å². The maximum atomic E-state index is 8.49. The molecule has 1 aliphatic carbocycles. The van der Waals surface area contributed by atoms with Gasteiger partial charge in [0.15, 0.2) is 0 Å². The van der Waals surface area contributed by atoms with E-state index in [9.17, 15) is 0 Å². The van der Waals surface area contributed by atoms with Crippen LogP contribution in [0.3, 0.4) is 0 Å². The van der Waals surface area contributed by atoms with Crippen molar-refractivity contribution in [2.75, 3.05) is 13.3 Å². The Kier molecular flexibility index (Phi) is 4.42. The number of hydrogen-bond acceptors (Lipinski definition) is 2. The van der Waals surface area contributed by atoms with Crippen molar-refractivity contribution in [3.8, 4) is 0 Å². The minimum atomic E-state index is 0.0679. The summed E-state index contributed by atoms with van der Waals surface area (Å²) in [6.07, 6.45) is 13.5. The molecule has 1 aliphatic rings. The van der Waals surface area contributed by atoms with Crippen LogP contribution in [0.2, 0.25) is 0 Å². The van der Waals surface area contributed by atoms with Crippen molar-refractivity contribution in [1.29, 1.82) is 0 Å². The molecule has 0 saturated heterocycles. The zero-order valence-electron chi connectivity index (χ0n) is 7.11. The third kappa shape index (κ3) is 3.51. The van der Waals surface area contributed by atoms with Gasteiger partial charge in [0.2, 0.25) is 0 Å². The van der Waals surface area contributed by atoms with Crippen LogP contribution >= 0.6 is 0 Å². The van der Waals surface area contributed by atoms with E-state index in [0.717, 1.165) is 13.0 Å². The lowest BCUT2D eigenvalue weighted by Crippen LogP contribution is -2.17. The molecule has 12 heavy (non-hydrogen) atoms. The van der Waals surface area contributed by atoms with Gasteiger partial charge in [-0.2, -0.15) is 0 Å². The van der Waals surface area contributed by atoms with Gasteiger partial charge in [-0.25, -0.2) is 0 Å². The van der Waals surface area contributed by atoms with Gasteiger partial charge in [0.05, 0.1) is 6.73 Å². The lowest BCUT2D eigenvalue weighted by atomic mass is 10.1. The van der Waals surface area contributed by atoms with Gasteiger partial charge in [-0.15, -0.1) is 0 Å². The lowest BCUT2D eigenvalue weighted by Gasteiger charge is -2.06. The van der Waals surface area contributed by atoms with Crippen LogP contribution in [0.25, 0.3) is 0 Å². The first-order valence-electron chi connectivity index (χ1n) is 4.26. The number of nitrogens with one attached hydrogen (secondary N) is 1. The quantitative estimate of drug-likeness (QED) is 0.485. The predicted octanol–water partition coefficient (Wildman–Crippen LogP) is 1.21. The van der Waals surface area contributed by atoms with Crippen molar-refractivity contribution >= 4 is 0 Å². The summed E-state index contributed by atoms with van der Waals surface area (Å²) in [4.78, 5) is 0. The Balaban J connectivity index is 2.23. The Morgan fingerprint density at radius 2 is 1.75 bits per heavy atom. The van der Waals surface area contributed by atoms with Crippen LogP contribution in [0.1, 0.15) is 6.42 Å². The minimum Gasteiger partial charge on any atom is -0.381 e. The molecule has 0 aromatic carbocycles. The Morgan fingerprint density at radius 3 is 2.33 bits per heavy atom. The van der Waals surface area contributed by atoms with Gasteiger partial charge in [-0.1, -0.05) is 36.5 Å². The van der Waals surface area contributed by atoms with Crippen LogP contribution in [0.15, 0.2) is 36.5 Å². The van der Waals surface area contributed by atoms with E-state index in [4.69, 9.17) is 5.11 Å². The highest BCUT2D eigenvalue weighted by Gasteiger charge is 1.99. The second-order valence-corrected chi connectivity index (χ2v) is 2.77. The smallest absolute Gasteiger partial charge is 0.0931 e. The summed E-state index contributed by atoms with van der Waals surface area (Å²) < 4.78 is 0. The molecule has 66 valence electrons. The third-order valence-corrected chi connectivity index (χ3v) is 1.82. The molecule has 0 radical (unpaired) electrons. The van der Waals surface area contributed by atoms with Gasteiger partial charge >= 0.3 is 0 Å². The van der Waals surface area contributed by atoms with Crippen LogP contribution in [-0.2, 0) is 0 Å². The topological polar surface area (TPSA) is 32.3 Å². The van der Waals surface area contributed by atoms with Crippen LogP contribution in [0.4, 0.5) is 0 Å². The largest absolute Gasteiger partial charge is 0.381 e. The molecule has 0 aliphatic heterocycles. The van der Waals surface area contributed by atoms with Gasteiger partial charge < -0.3 is 5.11 Å². The summed E-state index contributed by atoms with van der Waals surface area (Å²) in [5, 5.41) is 11.4. The maximum absolute atomic E-state index is 8.49. The average Bonchev–Trinajstić information content (AvgIpc) is 2.33. The SMILES string of the molecule is OCNCCC1C=CC=CC=C1. The van der Waals surface area contributed by atoms with Crippen molar-refractivity contribution in [3.63, 3.8) is 0 Å². The molecule has 0 heterocycles. The van der Waals surface area contributed by atoms with E-state index in [1.807, 2.05) is 12.2 Å². The molecule has 0 amide bonds. The zero-order valence-corrected chi connectivity index (χ0v) is 7.11. The second-order valence-electron chi connectivity index (χ2n) is 2.77. The number of aliphatic hydroxyl groups is 1. The van der Waals surface area contributed by atoms with Crippen molar-refractivity contribution < 1.29 is 5.11 Å². The lowest BCUT2D eigenvalue weighted by molar-refractivity contribution is 0.259. The molecular weight excluding hydrogens is 150 g/mol. The number of aliphatic hydroxyl groups excluding tert-OH is 1. The van der Waals surface area contributed by atoms with Crippen molar-refractivity contribution in [2.45, 2.75) is 6.42 Å². The highest BCUT2D eigenvalue weighted by Crippen LogP contribution is 2.08. The Bertz CT molecular complexity index is 178. The van der Waals surface area contributed by atoms with Gasteiger partial charge in [0, 0.05) is 0 Å². The molecule has 0 saturated carbocycles. The Morgan fingerprint density at radius 1 is 1.08 bits per heavy atom.